The SMILES string of the molecule is Cc1cc(S(=O)(=O)N2CCOCC2)ccc1OCC(=O)N1c2ccc(Br)cc2C[C@H]1C. The van der Waals surface area contributed by atoms with Crippen LogP contribution in [-0.2, 0) is 26.0 Å². The minimum absolute atomic E-state index is 0.0579. The average molecular weight is 509 g/mol. The van der Waals surface area contributed by atoms with E-state index in [2.05, 4.69) is 15.9 Å². The third-order valence-electron chi connectivity index (χ3n) is 5.63. The second-order valence-electron chi connectivity index (χ2n) is 7.82. The van der Waals surface area contributed by atoms with Gasteiger partial charge in [0, 0.05) is 29.3 Å². The number of halogens is 1. The van der Waals surface area contributed by atoms with Crippen LogP contribution in [0.15, 0.2) is 45.8 Å². The predicted octanol–water partition coefficient (Wildman–Crippen LogP) is 3.14. The molecule has 2 aromatic rings. The largest absolute Gasteiger partial charge is 0.483 e. The van der Waals surface area contributed by atoms with E-state index in [1.54, 1.807) is 24.0 Å². The molecule has 0 aliphatic carbocycles. The molecule has 2 aromatic carbocycles. The summed E-state index contributed by atoms with van der Waals surface area (Å²) in [6.45, 7) is 5.18. The summed E-state index contributed by atoms with van der Waals surface area (Å²) in [4.78, 5) is 14.9. The first kappa shape index (κ1) is 22.3. The number of fused-ring (bicyclic) bond motifs is 1. The van der Waals surface area contributed by atoms with Gasteiger partial charge in [0.05, 0.1) is 18.1 Å². The number of rotatable bonds is 5. The smallest absolute Gasteiger partial charge is 0.265 e. The fourth-order valence-corrected chi connectivity index (χ4v) is 5.97. The van der Waals surface area contributed by atoms with Crippen LogP contribution in [0.25, 0.3) is 0 Å². The number of hydrogen-bond donors (Lipinski definition) is 0. The fourth-order valence-electron chi connectivity index (χ4n) is 4.07. The lowest BCUT2D eigenvalue weighted by Crippen LogP contribution is -2.40. The normalized spacial score (nSPS) is 19.3. The van der Waals surface area contributed by atoms with Crippen molar-refractivity contribution in [1.29, 1.82) is 0 Å². The molecule has 1 saturated heterocycles. The maximum atomic E-state index is 12.9. The molecule has 1 amide bonds. The minimum Gasteiger partial charge on any atom is -0.483 e. The molecule has 0 N–H and O–H groups in total. The number of ether oxygens (including phenoxy) is 2. The van der Waals surface area contributed by atoms with Crippen LogP contribution in [0.2, 0.25) is 0 Å². The number of hydrogen-bond acceptors (Lipinski definition) is 5. The molecule has 0 unspecified atom stereocenters. The monoisotopic (exact) mass is 508 g/mol. The summed E-state index contributed by atoms with van der Waals surface area (Å²) in [5, 5.41) is 0. The zero-order valence-electron chi connectivity index (χ0n) is 17.5. The van der Waals surface area contributed by atoms with Gasteiger partial charge in [-0.3, -0.25) is 4.79 Å². The van der Waals surface area contributed by atoms with Crippen LogP contribution in [0.1, 0.15) is 18.1 Å². The third kappa shape index (κ3) is 4.50. The van der Waals surface area contributed by atoms with Gasteiger partial charge in [-0.2, -0.15) is 4.31 Å². The standard InChI is InChI=1S/C22H25BrN2O5S/c1-15-11-19(31(27,28)24-7-9-29-10-8-24)4-6-21(15)30-14-22(26)25-16(2)12-17-13-18(23)3-5-20(17)25/h3-6,11,13,16H,7-10,12,14H2,1-2H3/t16-/m1/s1. The van der Waals surface area contributed by atoms with Gasteiger partial charge in [0.2, 0.25) is 10.0 Å². The molecule has 1 atom stereocenters. The van der Waals surface area contributed by atoms with E-state index in [0.29, 0.717) is 37.6 Å². The van der Waals surface area contributed by atoms with Crippen molar-refractivity contribution in [2.45, 2.75) is 31.2 Å². The first-order chi connectivity index (χ1) is 14.8. The molecule has 0 radical (unpaired) electrons. The maximum absolute atomic E-state index is 12.9. The molecule has 1 fully saturated rings. The van der Waals surface area contributed by atoms with Crippen molar-refractivity contribution in [3.05, 3.63) is 52.0 Å². The molecular weight excluding hydrogens is 484 g/mol. The van der Waals surface area contributed by atoms with Crippen molar-refractivity contribution in [3.8, 4) is 5.75 Å². The molecule has 2 aliphatic rings. The highest BCUT2D eigenvalue weighted by Gasteiger charge is 2.31. The first-order valence-corrected chi connectivity index (χ1v) is 12.4. The van der Waals surface area contributed by atoms with Gasteiger partial charge in [-0.15, -0.1) is 0 Å². The molecule has 0 saturated carbocycles. The number of nitrogens with zero attached hydrogens (tertiary/aromatic N) is 2. The number of carbonyl (C=O) groups is 1. The van der Waals surface area contributed by atoms with Crippen molar-refractivity contribution < 1.29 is 22.7 Å². The van der Waals surface area contributed by atoms with Crippen molar-refractivity contribution in [2.75, 3.05) is 37.8 Å². The van der Waals surface area contributed by atoms with Gasteiger partial charge >= 0.3 is 0 Å². The van der Waals surface area contributed by atoms with E-state index in [9.17, 15) is 13.2 Å². The summed E-state index contributed by atoms with van der Waals surface area (Å²) in [7, 11) is -3.57. The van der Waals surface area contributed by atoms with E-state index in [4.69, 9.17) is 9.47 Å². The lowest BCUT2D eigenvalue weighted by molar-refractivity contribution is -0.120. The second-order valence-corrected chi connectivity index (χ2v) is 10.7. The van der Waals surface area contributed by atoms with Crippen LogP contribution >= 0.6 is 15.9 Å². The van der Waals surface area contributed by atoms with Gasteiger partial charge in [0.15, 0.2) is 6.61 Å². The van der Waals surface area contributed by atoms with E-state index >= 15 is 0 Å². The molecule has 0 bridgehead atoms. The Morgan fingerprint density at radius 1 is 1.19 bits per heavy atom. The lowest BCUT2D eigenvalue weighted by atomic mass is 10.1. The van der Waals surface area contributed by atoms with Gasteiger partial charge in [0.25, 0.3) is 5.91 Å². The van der Waals surface area contributed by atoms with Crippen molar-refractivity contribution >= 4 is 37.5 Å². The Hall–Kier alpha value is -1.94. The predicted molar refractivity (Wildman–Crippen MR) is 121 cm³/mol. The van der Waals surface area contributed by atoms with Crippen molar-refractivity contribution in [2.24, 2.45) is 0 Å². The average Bonchev–Trinajstić information content (AvgIpc) is 3.08. The number of amides is 1. The zero-order valence-corrected chi connectivity index (χ0v) is 19.9. The Labute approximate surface area is 191 Å². The highest BCUT2D eigenvalue weighted by Crippen LogP contribution is 2.34. The van der Waals surface area contributed by atoms with Crippen LogP contribution in [0, 0.1) is 6.92 Å². The number of aryl methyl sites for hydroxylation is 1. The minimum atomic E-state index is -3.57. The third-order valence-corrected chi connectivity index (χ3v) is 8.02. The number of anilines is 1. The summed E-state index contributed by atoms with van der Waals surface area (Å²) in [6.07, 6.45) is 0.799. The Morgan fingerprint density at radius 2 is 1.94 bits per heavy atom. The Bertz CT molecular complexity index is 1100. The van der Waals surface area contributed by atoms with Gasteiger partial charge in [0.1, 0.15) is 5.75 Å². The van der Waals surface area contributed by atoms with Crippen molar-refractivity contribution in [3.63, 3.8) is 0 Å². The quantitative estimate of drug-likeness (QED) is 0.619. The fraction of sp³-hybridized carbons (Fsp3) is 0.409. The Kier molecular flexibility index (Phi) is 6.39. The number of carbonyl (C=O) groups excluding carboxylic acids is 1. The summed E-state index contributed by atoms with van der Waals surface area (Å²) in [5.74, 6) is 0.371. The highest BCUT2D eigenvalue weighted by atomic mass is 79.9. The number of morpholine rings is 1. The highest BCUT2D eigenvalue weighted by molar-refractivity contribution is 9.10. The van der Waals surface area contributed by atoms with Gasteiger partial charge in [-0.25, -0.2) is 8.42 Å². The first-order valence-electron chi connectivity index (χ1n) is 10.2. The van der Waals surface area contributed by atoms with Crippen LogP contribution < -0.4 is 9.64 Å². The van der Waals surface area contributed by atoms with Crippen LogP contribution in [0.3, 0.4) is 0 Å². The van der Waals surface area contributed by atoms with E-state index in [0.717, 1.165) is 22.1 Å². The lowest BCUT2D eigenvalue weighted by Gasteiger charge is -2.26. The summed E-state index contributed by atoms with van der Waals surface area (Å²) >= 11 is 3.48. The summed E-state index contributed by atoms with van der Waals surface area (Å²) < 4.78 is 39.1. The van der Waals surface area contributed by atoms with E-state index < -0.39 is 10.0 Å². The van der Waals surface area contributed by atoms with Gasteiger partial charge < -0.3 is 14.4 Å². The van der Waals surface area contributed by atoms with E-state index in [1.165, 1.54) is 10.4 Å². The van der Waals surface area contributed by atoms with Gasteiger partial charge in [-0.05, 0) is 67.8 Å². The molecule has 2 aliphatic heterocycles. The van der Waals surface area contributed by atoms with Crippen molar-refractivity contribution in [1.82, 2.24) is 4.31 Å². The topological polar surface area (TPSA) is 76.1 Å². The zero-order chi connectivity index (χ0) is 22.2. The van der Waals surface area contributed by atoms with E-state index in [-0.39, 0.29) is 23.5 Å². The van der Waals surface area contributed by atoms with Crippen LogP contribution in [-0.4, -0.2) is 57.6 Å². The maximum Gasteiger partial charge on any atom is 0.265 e. The number of sulfonamides is 1. The molecule has 7 nitrogen and oxygen atoms in total. The molecule has 0 aromatic heterocycles. The Morgan fingerprint density at radius 3 is 2.65 bits per heavy atom. The molecule has 9 heteroatoms. The summed E-state index contributed by atoms with van der Waals surface area (Å²) in [6, 6.07) is 10.7. The molecular formula is C22H25BrN2O5S. The molecule has 2 heterocycles. The number of benzene rings is 2. The van der Waals surface area contributed by atoms with Crippen LogP contribution in [0.5, 0.6) is 5.75 Å². The molecule has 166 valence electrons. The summed E-state index contributed by atoms with van der Waals surface area (Å²) in [5.41, 5.74) is 2.71. The van der Waals surface area contributed by atoms with Gasteiger partial charge in [-0.1, -0.05) is 15.9 Å². The Balaban J connectivity index is 1.45. The second kappa shape index (κ2) is 8.90. The van der Waals surface area contributed by atoms with E-state index in [1.807, 2.05) is 25.1 Å². The molecule has 0 spiro atoms. The van der Waals surface area contributed by atoms with Crippen LogP contribution in [0.4, 0.5) is 5.69 Å². The molecule has 31 heavy (non-hydrogen) atoms. The molecule has 4 rings (SSSR count).